The molecular formula is C13H27NO3. The zero-order valence-corrected chi connectivity index (χ0v) is 11.0. The van der Waals surface area contributed by atoms with Crippen molar-refractivity contribution in [3.63, 3.8) is 0 Å². The zero-order chi connectivity index (χ0) is 12.4. The monoisotopic (exact) mass is 245 g/mol. The molecule has 0 heterocycles. The quantitative estimate of drug-likeness (QED) is 0.602. The van der Waals surface area contributed by atoms with Crippen LogP contribution < -0.4 is 5.32 Å². The number of rotatable bonds is 9. The van der Waals surface area contributed by atoms with E-state index < -0.39 is 0 Å². The minimum Gasteiger partial charge on any atom is -0.394 e. The van der Waals surface area contributed by atoms with Crippen molar-refractivity contribution in [3.8, 4) is 0 Å². The molecule has 0 unspecified atom stereocenters. The predicted molar refractivity (Wildman–Crippen MR) is 68.2 cm³/mol. The van der Waals surface area contributed by atoms with Crippen LogP contribution >= 0.6 is 0 Å². The molecule has 1 aliphatic rings. The molecule has 2 N–H and O–H groups in total. The Kier molecular flexibility index (Phi) is 7.77. The summed E-state index contributed by atoms with van der Waals surface area (Å²) in [6.45, 7) is 3.30. The van der Waals surface area contributed by atoms with Crippen LogP contribution in [0.2, 0.25) is 0 Å². The first-order chi connectivity index (χ1) is 8.33. The molecule has 0 amide bonds. The molecule has 102 valence electrons. The van der Waals surface area contributed by atoms with Crippen LogP contribution in [0.5, 0.6) is 0 Å². The van der Waals surface area contributed by atoms with Gasteiger partial charge >= 0.3 is 0 Å². The van der Waals surface area contributed by atoms with Gasteiger partial charge in [-0.15, -0.1) is 0 Å². The number of hydrogen-bond donors (Lipinski definition) is 2. The maximum Gasteiger partial charge on any atom is 0.0613 e. The molecule has 0 spiro atoms. The molecule has 0 bridgehead atoms. The molecule has 0 aromatic rings. The van der Waals surface area contributed by atoms with E-state index in [0.717, 1.165) is 39.0 Å². The van der Waals surface area contributed by atoms with Gasteiger partial charge in [-0.3, -0.25) is 0 Å². The topological polar surface area (TPSA) is 50.7 Å². The van der Waals surface area contributed by atoms with Gasteiger partial charge in [-0.05, 0) is 19.3 Å². The third-order valence-corrected chi connectivity index (χ3v) is 3.50. The number of methoxy groups -OCH3 is 1. The summed E-state index contributed by atoms with van der Waals surface area (Å²) in [5, 5.41) is 13.0. The summed E-state index contributed by atoms with van der Waals surface area (Å²) < 4.78 is 10.4. The number of aliphatic hydroxyl groups excluding tert-OH is 1. The largest absolute Gasteiger partial charge is 0.394 e. The third kappa shape index (κ3) is 5.82. The SMILES string of the molecule is COCCCOCCNC1(CO)CCCCC1. The van der Waals surface area contributed by atoms with E-state index in [1.807, 2.05) is 0 Å². The average Bonchev–Trinajstić information content (AvgIpc) is 2.39. The molecule has 1 aliphatic carbocycles. The van der Waals surface area contributed by atoms with Gasteiger partial charge < -0.3 is 19.9 Å². The normalized spacial score (nSPS) is 19.4. The van der Waals surface area contributed by atoms with E-state index in [0.29, 0.717) is 6.61 Å². The van der Waals surface area contributed by atoms with E-state index in [-0.39, 0.29) is 12.1 Å². The van der Waals surface area contributed by atoms with Gasteiger partial charge in [-0.25, -0.2) is 0 Å². The van der Waals surface area contributed by atoms with Crippen LogP contribution in [0, 0.1) is 0 Å². The number of ether oxygens (including phenoxy) is 2. The summed E-state index contributed by atoms with van der Waals surface area (Å²) in [5.41, 5.74) is -0.0336. The van der Waals surface area contributed by atoms with Crippen LogP contribution in [0.15, 0.2) is 0 Å². The molecule has 4 heteroatoms. The van der Waals surface area contributed by atoms with E-state index in [1.165, 1.54) is 19.3 Å². The molecule has 0 atom stereocenters. The lowest BCUT2D eigenvalue weighted by Gasteiger charge is -2.36. The summed E-state index contributed by atoms with van der Waals surface area (Å²) in [5.74, 6) is 0. The van der Waals surface area contributed by atoms with Crippen molar-refractivity contribution in [1.82, 2.24) is 5.32 Å². The van der Waals surface area contributed by atoms with Gasteiger partial charge in [0.15, 0.2) is 0 Å². The first-order valence-electron chi connectivity index (χ1n) is 6.75. The Labute approximate surface area is 105 Å². The molecule has 0 aliphatic heterocycles. The van der Waals surface area contributed by atoms with Gasteiger partial charge in [0.05, 0.1) is 13.2 Å². The second kappa shape index (κ2) is 8.86. The predicted octanol–water partition coefficient (Wildman–Crippen LogP) is 1.32. The smallest absolute Gasteiger partial charge is 0.0613 e. The van der Waals surface area contributed by atoms with Crippen molar-refractivity contribution >= 4 is 0 Å². The van der Waals surface area contributed by atoms with Gasteiger partial charge in [-0.2, -0.15) is 0 Å². The fourth-order valence-electron chi connectivity index (χ4n) is 2.42. The second-order valence-electron chi connectivity index (χ2n) is 4.88. The van der Waals surface area contributed by atoms with Crippen LogP contribution in [-0.2, 0) is 9.47 Å². The van der Waals surface area contributed by atoms with Crippen molar-refractivity contribution in [2.75, 3.05) is 40.1 Å². The number of nitrogens with one attached hydrogen (secondary N) is 1. The molecule has 1 saturated carbocycles. The number of aliphatic hydroxyl groups is 1. The maximum absolute atomic E-state index is 9.49. The second-order valence-corrected chi connectivity index (χ2v) is 4.88. The summed E-state index contributed by atoms with van der Waals surface area (Å²) in [6, 6.07) is 0. The Morgan fingerprint density at radius 3 is 2.53 bits per heavy atom. The lowest BCUT2D eigenvalue weighted by atomic mass is 9.82. The minimum atomic E-state index is -0.0336. The van der Waals surface area contributed by atoms with Crippen molar-refractivity contribution in [3.05, 3.63) is 0 Å². The molecule has 0 aromatic heterocycles. The summed E-state index contributed by atoms with van der Waals surface area (Å²) in [7, 11) is 1.70. The summed E-state index contributed by atoms with van der Waals surface area (Å²) >= 11 is 0. The first kappa shape index (κ1) is 14.9. The number of hydrogen-bond acceptors (Lipinski definition) is 4. The van der Waals surface area contributed by atoms with Crippen molar-refractivity contribution in [2.24, 2.45) is 0 Å². The molecule has 1 fully saturated rings. The summed E-state index contributed by atoms with van der Waals surface area (Å²) in [4.78, 5) is 0. The van der Waals surface area contributed by atoms with Gasteiger partial charge in [0.2, 0.25) is 0 Å². The Morgan fingerprint density at radius 2 is 1.88 bits per heavy atom. The van der Waals surface area contributed by atoms with Crippen LogP contribution in [0.4, 0.5) is 0 Å². The zero-order valence-electron chi connectivity index (χ0n) is 11.0. The van der Waals surface area contributed by atoms with Gasteiger partial charge in [0.1, 0.15) is 0 Å². The highest BCUT2D eigenvalue weighted by Gasteiger charge is 2.30. The van der Waals surface area contributed by atoms with Crippen molar-refractivity contribution < 1.29 is 14.6 Å². The highest BCUT2D eigenvalue weighted by atomic mass is 16.5. The van der Waals surface area contributed by atoms with Crippen LogP contribution in [0.25, 0.3) is 0 Å². The van der Waals surface area contributed by atoms with E-state index in [2.05, 4.69) is 5.32 Å². The Morgan fingerprint density at radius 1 is 1.12 bits per heavy atom. The fraction of sp³-hybridized carbons (Fsp3) is 1.00. The standard InChI is InChI=1S/C13H27NO3/c1-16-9-5-10-17-11-8-14-13(12-15)6-3-2-4-7-13/h14-15H,2-12H2,1H3. The molecule has 0 aromatic carbocycles. The fourth-order valence-corrected chi connectivity index (χ4v) is 2.42. The van der Waals surface area contributed by atoms with Crippen LogP contribution in [0.1, 0.15) is 38.5 Å². The first-order valence-corrected chi connectivity index (χ1v) is 6.75. The molecular weight excluding hydrogens is 218 g/mol. The Bertz CT molecular complexity index is 182. The lowest BCUT2D eigenvalue weighted by Crippen LogP contribution is -2.50. The molecule has 17 heavy (non-hydrogen) atoms. The van der Waals surface area contributed by atoms with E-state index >= 15 is 0 Å². The minimum absolute atomic E-state index is 0.0336. The van der Waals surface area contributed by atoms with E-state index in [4.69, 9.17) is 9.47 Å². The van der Waals surface area contributed by atoms with Crippen molar-refractivity contribution in [2.45, 2.75) is 44.1 Å². The Hall–Kier alpha value is -0.160. The maximum atomic E-state index is 9.49. The highest BCUT2D eigenvalue weighted by Crippen LogP contribution is 2.27. The van der Waals surface area contributed by atoms with Crippen LogP contribution in [-0.4, -0.2) is 50.7 Å². The van der Waals surface area contributed by atoms with E-state index in [9.17, 15) is 5.11 Å². The Balaban J connectivity index is 2.03. The molecule has 0 radical (unpaired) electrons. The third-order valence-electron chi connectivity index (χ3n) is 3.50. The highest BCUT2D eigenvalue weighted by molar-refractivity contribution is 4.89. The molecule has 4 nitrogen and oxygen atoms in total. The molecule has 1 rings (SSSR count). The van der Waals surface area contributed by atoms with E-state index in [1.54, 1.807) is 7.11 Å². The van der Waals surface area contributed by atoms with Gasteiger partial charge in [0, 0.05) is 32.4 Å². The van der Waals surface area contributed by atoms with Crippen molar-refractivity contribution in [1.29, 1.82) is 0 Å². The van der Waals surface area contributed by atoms with Gasteiger partial charge in [-0.1, -0.05) is 19.3 Å². The average molecular weight is 245 g/mol. The molecule has 0 saturated heterocycles. The summed E-state index contributed by atoms with van der Waals surface area (Å²) in [6.07, 6.45) is 6.88. The lowest BCUT2D eigenvalue weighted by molar-refractivity contribution is 0.0819. The van der Waals surface area contributed by atoms with Gasteiger partial charge in [0.25, 0.3) is 0 Å². The van der Waals surface area contributed by atoms with Crippen LogP contribution in [0.3, 0.4) is 0 Å².